The highest BCUT2D eigenvalue weighted by Gasteiger charge is 2.32. The molecule has 6 rings (SSSR count). The summed E-state index contributed by atoms with van der Waals surface area (Å²) < 4.78 is 2.08. The van der Waals surface area contributed by atoms with E-state index < -0.39 is 0 Å². The fourth-order valence-electron chi connectivity index (χ4n) is 4.66. The van der Waals surface area contributed by atoms with Gasteiger partial charge in [-0.05, 0) is 42.0 Å². The third-order valence-corrected chi connectivity index (χ3v) is 6.14. The minimum absolute atomic E-state index is 0.132. The van der Waals surface area contributed by atoms with Gasteiger partial charge in [0.2, 0.25) is 5.95 Å². The third-order valence-electron chi connectivity index (χ3n) is 6.14. The highest BCUT2D eigenvalue weighted by atomic mass is 16.1. The van der Waals surface area contributed by atoms with E-state index in [0.717, 1.165) is 44.7 Å². The fraction of sp³-hybridized carbons (Fsp3) is 0.0714. The number of para-hydroxylation sites is 3. The van der Waals surface area contributed by atoms with Crippen molar-refractivity contribution in [3.63, 3.8) is 0 Å². The maximum Gasteiger partial charge on any atom is 0.255 e. The number of nitrogens with zero attached hydrogens (tertiary/aromatic N) is 2. The second-order valence-electron chi connectivity index (χ2n) is 8.23. The summed E-state index contributed by atoms with van der Waals surface area (Å²) in [7, 11) is 0. The van der Waals surface area contributed by atoms with Crippen molar-refractivity contribution in [2.75, 3.05) is 10.6 Å². The monoisotopic (exact) mass is 430 g/mol. The second-order valence-corrected chi connectivity index (χ2v) is 8.23. The lowest BCUT2D eigenvalue weighted by atomic mass is 9.94. The molecule has 5 nitrogen and oxygen atoms in total. The Kier molecular flexibility index (Phi) is 4.47. The number of amides is 1. The van der Waals surface area contributed by atoms with E-state index in [0.29, 0.717) is 5.57 Å². The van der Waals surface area contributed by atoms with Crippen LogP contribution in [0.25, 0.3) is 27.5 Å². The quantitative estimate of drug-likeness (QED) is 0.375. The first-order valence-corrected chi connectivity index (χ1v) is 11.0. The highest BCUT2D eigenvalue weighted by molar-refractivity contribution is 6.13. The van der Waals surface area contributed by atoms with E-state index >= 15 is 0 Å². The lowest BCUT2D eigenvalue weighted by Crippen LogP contribution is -2.34. The van der Waals surface area contributed by atoms with E-state index in [1.807, 2.05) is 79.7 Å². The smallest absolute Gasteiger partial charge is 0.255 e. The summed E-state index contributed by atoms with van der Waals surface area (Å²) in [6.45, 7) is 2.01. The number of benzene rings is 4. The molecule has 5 heteroatoms. The van der Waals surface area contributed by atoms with Gasteiger partial charge in [-0.1, -0.05) is 72.8 Å². The molecule has 0 bridgehead atoms. The predicted octanol–water partition coefficient (Wildman–Crippen LogP) is 5.90. The molecule has 0 radical (unpaired) electrons. The molecule has 0 aliphatic carbocycles. The lowest BCUT2D eigenvalue weighted by molar-refractivity contribution is -0.113. The molecular weight excluding hydrogens is 408 g/mol. The number of rotatable bonds is 3. The van der Waals surface area contributed by atoms with Gasteiger partial charge in [-0.25, -0.2) is 4.98 Å². The summed E-state index contributed by atoms with van der Waals surface area (Å²) in [6.07, 6.45) is 0. The van der Waals surface area contributed by atoms with Crippen LogP contribution in [-0.2, 0) is 4.79 Å². The number of carbonyl (C=O) groups is 1. The van der Waals surface area contributed by atoms with Crippen LogP contribution in [0.4, 0.5) is 11.6 Å². The largest absolute Gasteiger partial charge is 0.349 e. The van der Waals surface area contributed by atoms with Crippen molar-refractivity contribution in [1.29, 1.82) is 0 Å². The standard InChI is InChI=1S/C28H22N4O/c1-18-25(27(33)30-20-12-3-2-4-13-20)26(22-15-9-11-19-10-5-6-14-21(19)22)32-24-17-8-7-16-23(24)31-28(32)29-18/h2-18H,1H3,(H,29,31)(H,30,33)/t18-/m0/s1. The topological polar surface area (TPSA) is 59.0 Å². The van der Waals surface area contributed by atoms with E-state index in [1.54, 1.807) is 0 Å². The molecule has 0 spiro atoms. The zero-order chi connectivity index (χ0) is 22.4. The van der Waals surface area contributed by atoms with Crippen LogP contribution in [0, 0.1) is 0 Å². The zero-order valence-corrected chi connectivity index (χ0v) is 18.1. The first-order valence-electron chi connectivity index (χ1n) is 11.0. The van der Waals surface area contributed by atoms with E-state index in [-0.39, 0.29) is 11.9 Å². The molecule has 160 valence electrons. The Balaban J connectivity index is 1.66. The van der Waals surface area contributed by atoms with Crippen LogP contribution in [0.1, 0.15) is 12.5 Å². The van der Waals surface area contributed by atoms with Crippen molar-refractivity contribution in [2.45, 2.75) is 13.0 Å². The van der Waals surface area contributed by atoms with Crippen LogP contribution in [0.2, 0.25) is 0 Å². The van der Waals surface area contributed by atoms with Gasteiger partial charge in [-0.15, -0.1) is 0 Å². The fourth-order valence-corrected chi connectivity index (χ4v) is 4.66. The molecular formula is C28H22N4O. The van der Waals surface area contributed by atoms with Gasteiger partial charge in [0, 0.05) is 11.3 Å². The van der Waals surface area contributed by atoms with Gasteiger partial charge in [0.15, 0.2) is 0 Å². The minimum Gasteiger partial charge on any atom is -0.349 e. The molecule has 0 fully saturated rings. The van der Waals surface area contributed by atoms with E-state index in [1.165, 1.54) is 0 Å². The molecule has 5 aromatic rings. The van der Waals surface area contributed by atoms with Gasteiger partial charge in [-0.2, -0.15) is 0 Å². The van der Waals surface area contributed by atoms with Crippen molar-refractivity contribution < 1.29 is 4.79 Å². The Labute approximate surface area is 191 Å². The van der Waals surface area contributed by atoms with Crippen molar-refractivity contribution >= 4 is 45.0 Å². The number of anilines is 2. The number of aromatic nitrogens is 2. The van der Waals surface area contributed by atoms with Crippen LogP contribution in [-0.4, -0.2) is 21.5 Å². The molecule has 33 heavy (non-hydrogen) atoms. The van der Waals surface area contributed by atoms with E-state index in [2.05, 4.69) is 39.5 Å². The summed E-state index contributed by atoms with van der Waals surface area (Å²) in [6, 6.07) is 31.9. The Hall–Kier alpha value is -4.38. The Morgan fingerprint density at radius 2 is 1.61 bits per heavy atom. The molecule has 0 saturated carbocycles. The number of fused-ring (bicyclic) bond motifs is 4. The van der Waals surface area contributed by atoms with Gasteiger partial charge in [0.25, 0.3) is 5.91 Å². The molecule has 1 amide bonds. The molecule has 2 N–H and O–H groups in total. The lowest BCUT2D eigenvalue weighted by Gasteiger charge is -2.29. The maximum absolute atomic E-state index is 13.7. The highest BCUT2D eigenvalue weighted by Crippen LogP contribution is 2.38. The van der Waals surface area contributed by atoms with E-state index in [9.17, 15) is 4.79 Å². The molecule has 0 saturated heterocycles. The summed E-state index contributed by atoms with van der Waals surface area (Å²) in [5.41, 5.74) is 5.14. The number of carbonyl (C=O) groups excluding carboxylic acids is 1. The van der Waals surface area contributed by atoms with E-state index in [4.69, 9.17) is 4.98 Å². The van der Waals surface area contributed by atoms with Gasteiger partial charge >= 0.3 is 0 Å². The number of hydrogen-bond acceptors (Lipinski definition) is 3. The molecule has 1 aliphatic rings. The second kappa shape index (κ2) is 7.64. The van der Waals surface area contributed by atoms with Gasteiger partial charge in [-0.3, -0.25) is 9.36 Å². The molecule has 1 aromatic heterocycles. The van der Waals surface area contributed by atoms with Crippen LogP contribution in [0.3, 0.4) is 0 Å². The SMILES string of the molecule is C[C@@H]1Nc2nc3ccccc3n2C(c2cccc3ccccc23)=C1C(=O)Nc1ccccc1. The molecule has 1 aliphatic heterocycles. The van der Waals surface area contributed by atoms with Gasteiger partial charge in [0.1, 0.15) is 0 Å². The Morgan fingerprint density at radius 3 is 2.48 bits per heavy atom. The summed E-state index contributed by atoms with van der Waals surface area (Å²) in [5.74, 6) is 0.607. The van der Waals surface area contributed by atoms with Crippen molar-refractivity contribution in [3.05, 3.63) is 108 Å². The van der Waals surface area contributed by atoms with Crippen LogP contribution in [0.15, 0.2) is 103 Å². The first-order chi connectivity index (χ1) is 16.2. The summed E-state index contributed by atoms with van der Waals surface area (Å²) in [4.78, 5) is 18.5. The number of imidazole rings is 1. The van der Waals surface area contributed by atoms with Crippen molar-refractivity contribution in [3.8, 4) is 0 Å². The average molecular weight is 431 g/mol. The third kappa shape index (κ3) is 3.17. The maximum atomic E-state index is 13.7. The predicted molar refractivity (Wildman–Crippen MR) is 134 cm³/mol. The average Bonchev–Trinajstić information content (AvgIpc) is 3.21. The molecule has 4 aromatic carbocycles. The normalized spacial score (nSPS) is 15.4. The van der Waals surface area contributed by atoms with Crippen molar-refractivity contribution in [2.24, 2.45) is 0 Å². The zero-order valence-electron chi connectivity index (χ0n) is 18.1. The van der Waals surface area contributed by atoms with Crippen molar-refractivity contribution in [1.82, 2.24) is 9.55 Å². The Bertz CT molecular complexity index is 1540. The molecule has 1 atom stereocenters. The van der Waals surface area contributed by atoms with Gasteiger partial charge < -0.3 is 10.6 Å². The summed E-state index contributed by atoms with van der Waals surface area (Å²) in [5, 5.41) is 8.76. The van der Waals surface area contributed by atoms with Gasteiger partial charge in [0.05, 0.1) is 28.3 Å². The van der Waals surface area contributed by atoms with Crippen LogP contribution >= 0.6 is 0 Å². The number of nitrogens with one attached hydrogen (secondary N) is 2. The first kappa shape index (κ1) is 19.3. The molecule has 2 heterocycles. The Morgan fingerprint density at radius 1 is 0.879 bits per heavy atom. The number of hydrogen-bond donors (Lipinski definition) is 2. The molecule has 0 unspecified atom stereocenters. The van der Waals surface area contributed by atoms with Crippen LogP contribution < -0.4 is 10.6 Å². The minimum atomic E-state index is -0.230. The summed E-state index contributed by atoms with van der Waals surface area (Å²) >= 11 is 0. The van der Waals surface area contributed by atoms with Crippen LogP contribution in [0.5, 0.6) is 0 Å².